The third kappa shape index (κ3) is 3.56. The van der Waals surface area contributed by atoms with E-state index < -0.39 is 5.82 Å². The van der Waals surface area contributed by atoms with Gasteiger partial charge in [0.2, 0.25) is 5.88 Å². The van der Waals surface area contributed by atoms with Crippen LogP contribution in [0, 0.1) is 17.1 Å². The minimum Gasteiger partial charge on any atom is -0.438 e. The van der Waals surface area contributed by atoms with Crippen LogP contribution in [0.3, 0.4) is 0 Å². The van der Waals surface area contributed by atoms with Crippen molar-refractivity contribution in [2.75, 3.05) is 6.54 Å². The lowest BCUT2D eigenvalue weighted by atomic mass is 10.1. The van der Waals surface area contributed by atoms with Crippen molar-refractivity contribution < 1.29 is 9.13 Å². The number of hydrogen-bond acceptors (Lipinski definition) is 4. The number of halogens is 1. The van der Waals surface area contributed by atoms with Gasteiger partial charge in [0, 0.05) is 18.3 Å². The Labute approximate surface area is 123 Å². The second kappa shape index (κ2) is 6.82. The quantitative estimate of drug-likeness (QED) is 0.912. The van der Waals surface area contributed by atoms with Gasteiger partial charge < -0.3 is 10.1 Å². The molecule has 0 fully saturated rings. The normalized spacial score (nSPS) is 11.7. The van der Waals surface area contributed by atoms with Crippen molar-refractivity contribution in [1.29, 1.82) is 5.26 Å². The molecule has 1 N–H and O–H groups in total. The van der Waals surface area contributed by atoms with E-state index in [-0.39, 0.29) is 17.4 Å². The van der Waals surface area contributed by atoms with Crippen LogP contribution in [0.4, 0.5) is 4.39 Å². The van der Waals surface area contributed by atoms with Gasteiger partial charge in [-0.25, -0.2) is 9.37 Å². The molecule has 0 saturated carbocycles. The summed E-state index contributed by atoms with van der Waals surface area (Å²) in [6, 6.07) is 9.89. The van der Waals surface area contributed by atoms with Crippen LogP contribution in [-0.4, -0.2) is 11.5 Å². The maximum Gasteiger partial charge on any atom is 0.219 e. The summed E-state index contributed by atoms with van der Waals surface area (Å²) in [5, 5.41) is 12.3. The lowest BCUT2D eigenvalue weighted by Crippen LogP contribution is -2.17. The van der Waals surface area contributed by atoms with Crippen molar-refractivity contribution in [1.82, 2.24) is 10.3 Å². The standard InChI is InChI=1S/C16H16FN3O/c1-3-19-11(2)12-7-8-20-16(9-12)21-15-6-4-5-14(17)13(15)10-18/h4-9,11,19H,3H2,1-2H3. The number of hydrogen-bond donors (Lipinski definition) is 1. The first-order valence-corrected chi connectivity index (χ1v) is 6.71. The summed E-state index contributed by atoms with van der Waals surface area (Å²) in [6.45, 7) is 4.91. The molecule has 1 heterocycles. The fraction of sp³-hybridized carbons (Fsp3) is 0.250. The molecule has 4 nitrogen and oxygen atoms in total. The Hall–Kier alpha value is -2.45. The molecule has 0 aliphatic carbocycles. The zero-order chi connectivity index (χ0) is 15.2. The van der Waals surface area contributed by atoms with E-state index in [2.05, 4.69) is 10.3 Å². The average Bonchev–Trinajstić information content (AvgIpc) is 2.48. The number of benzene rings is 1. The number of rotatable bonds is 5. The minimum atomic E-state index is -0.604. The van der Waals surface area contributed by atoms with Crippen LogP contribution in [0.15, 0.2) is 36.5 Å². The van der Waals surface area contributed by atoms with E-state index in [0.29, 0.717) is 5.88 Å². The molecule has 2 aromatic rings. The van der Waals surface area contributed by atoms with Crippen molar-refractivity contribution in [2.24, 2.45) is 0 Å². The third-order valence-corrected chi connectivity index (χ3v) is 3.07. The molecule has 0 spiro atoms. The molecule has 1 atom stereocenters. The molecule has 0 radical (unpaired) electrons. The molecule has 5 heteroatoms. The molecular formula is C16H16FN3O. The topological polar surface area (TPSA) is 57.9 Å². The zero-order valence-corrected chi connectivity index (χ0v) is 11.9. The lowest BCUT2D eigenvalue weighted by molar-refractivity contribution is 0.453. The highest BCUT2D eigenvalue weighted by molar-refractivity contribution is 5.45. The van der Waals surface area contributed by atoms with E-state index >= 15 is 0 Å². The Kier molecular flexibility index (Phi) is 4.85. The highest BCUT2D eigenvalue weighted by Crippen LogP contribution is 2.26. The summed E-state index contributed by atoms with van der Waals surface area (Å²) in [6.07, 6.45) is 1.63. The molecule has 0 bridgehead atoms. The van der Waals surface area contributed by atoms with Gasteiger partial charge in [0.15, 0.2) is 0 Å². The van der Waals surface area contributed by atoms with Gasteiger partial charge in [-0.1, -0.05) is 13.0 Å². The van der Waals surface area contributed by atoms with Crippen molar-refractivity contribution in [3.63, 3.8) is 0 Å². The highest BCUT2D eigenvalue weighted by Gasteiger charge is 2.11. The predicted octanol–water partition coefficient (Wildman–Crippen LogP) is 3.56. The van der Waals surface area contributed by atoms with Gasteiger partial charge in [0.05, 0.1) is 0 Å². The SMILES string of the molecule is CCNC(C)c1ccnc(Oc2cccc(F)c2C#N)c1. The minimum absolute atomic E-state index is 0.121. The van der Waals surface area contributed by atoms with Crippen molar-refractivity contribution in [3.05, 3.63) is 53.5 Å². The van der Waals surface area contributed by atoms with Crippen LogP contribution >= 0.6 is 0 Å². The Bertz CT molecular complexity index is 667. The lowest BCUT2D eigenvalue weighted by Gasteiger charge is -2.14. The maximum atomic E-state index is 13.5. The number of pyridine rings is 1. The van der Waals surface area contributed by atoms with Crippen LogP contribution in [0.1, 0.15) is 31.0 Å². The molecule has 0 amide bonds. The predicted molar refractivity (Wildman–Crippen MR) is 77.5 cm³/mol. The summed E-state index contributed by atoms with van der Waals surface area (Å²) < 4.78 is 19.1. The first-order chi connectivity index (χ1) is 10.2. The van der Waals surface area contributed by atoms with Crippen molar-refractivity contribution >= 4 is 0 Å². The van der Waals surface area contributed by atoms with Gasteiger partial charge in [-0.15, -0.1) is 0 Å². The van der Waals surface area contributed by atoms with Crippen molar-refractivity contribution in [2.45, 2.75) is 19.9 Å². The van der Waals surface area contributed by atoms with E-state index in [9.17, 15) is 4.39 Å². The number of nitrogens with zero attached hydrogens (tertiary/aromatic N) is 2. The van der Waals surface area contributed by atoms with Crippen LogP contribution < -0.4 is 10.1 Å². The van der Waals surface area contributed by atoms with Gasteiger partial charge in [-0.3, -0.25) is 0 Å². The fourth-order valence-electron chi connectivity index (χ4n) is 1.98. The molecule has 1 aromatic carbocycles. The molecule has 1 unspecified atom stereocenters. The van der Waals surface area contributed by atoms with Gasteiger partial charge in [0.1, 0.15) is 23.2 Å². The smallest absolute Gasteiger partial charge is 0.219 e. The molecule has 1 aromatic heterocycles. The summed E-state index contributed by atoms with van der Waals surface area (Å²) in [7, 11) is 0. The number of nitrogens with one attached hydrogen (secondary N) is 1. The molecule has 108 valence electrons. The van der Waals surface area contributed by atoms with Crippen LogP contribution in [0.25, 0.3) is 0 Å². The van der Waals surface area contributed by atoms with Gasteiger partial charge in [-0.2, -0.15) is 5.26 Å². The van der Waals surface area contributed by atoms with Crippen LogP contribution in [0.5, 0.6) is 11.6 Å². The van der Waals surface area contributed by atoms with E-state index in [1.807, 2.05) is 19.9 Å². The first kappa shape index (κ1) is 14.9. The van der Waals surface area contributed by atoms with E-state index in [1.165, 1.54) is 12.1 Å². The molecule has 0 saturated heterocycles. The summed E-state index contributed by atoms with van der Waals surface area (Å²) in [5.41, 5.74) is 0.890. The Morgan fingerprint density at radius 1 is 1.43 bits per heavy atom. The second-order valence-corrected chi connectivity index (χ2v) is 4.53. The van der Waals surface area contributed by atoms with Gasteiger partial charge in [0.25, 0.3) is 0 Å². The molecular weight excluding hydrogens is 269 g/mol. The number of ether oxygens (including phenoxy) is 1. The van der Waals surface area contributed by atoms with Gasteiger partial charge >= 0.3 is 0 Å². The number of nitriles is 1. The Balaban J connectivity index is 2.27. The first-order valence-electron chi connectivity index (χ1n) is 6.71. The average molecular weight is 285 g/mol. The maximum absolute atomic E-state index is 13.5. The second-order valence-electron chi connectivity index (χ2n) is 4.53. The van der Waals surface area contributed by atoms with Gasteiger partial charge in [-0.05, 0) is 37.2 Å². The van der Waals surface area contributed by atoms with Crippen molar-refractivity contribution in [3.8, 4) is 17.7 Å². The third-order valence-electron chi connectivity index (χ3n) is 3.07. The molecule has 21 heavy (non-hydrogen) atoms. The van der Waals surface area contributed by atoms with E-state index in [1.54, 1.807) is 24.4 Å². The molecule has 0 aliphatic heterocycles. The Morgan fingerprint density at radius 2 is 2.24 bits per heavy atom. The summed E-state index contributed by atoms with van der Waals surface area (Å²) >= 11 is 0. The summed E-state index contributed by atoms with van der Waals surface area (Å²) in [5.74, 6) is -0.107. The fourth-order valence-corrected chi connectivity index (χ4v) is 1.98. The molecule has 2 rings (SSSR count). The van der Waals surface area contributed by atoms with E-state index in [0.717, 1.165) is 12.1 Å². The number of aromatic nitrogens is 1. The monoisotopic (exact) mass is 285 g/mol. The van der Waals surface area contributed by atoms with Crippen LogP contribution in [0.2, 0.25) is 0 Å². The summed E-state index contributed by atoms with van der Waals surface area (Å²) in [4.78, 5) is 4.10. The Morgan fingerprint density at radius 3 is 2.95 bits per heavy atom. The van der Waals surface area contributed by atoms with Crippen LogP contribution in [-0.2, 0) is 0 Å². The zero-order valence-electron chi connectivity index (χ0n) is 11.9. The largest absolute Gasteiger partial charge is 0.438 e. The van der Waals surface area contributed by atoms with E-state index in [4.69, 9.17) is 10.00 Å². The molecule has 0 aliphatic rings. The highest BCUT2D eigenvalue weighted by atomic mass is 19.1.